The predicted octanol–water partition coefficient (Wildman–Crippen LogP) is 1.32. The molecule has 2 rings (SSSR count). The molecule has 0 aliphatic carbocycles. The topological polar surface area (TPSA) is 99.6 Å². The molecule has 0 amide bonds. The second kappa shape index (κ2) is 6.68. The molecule has 1 aliphatic heterocycles. The summed E-state index contributed by atoms with van der Waals surface area (Å²) in [6.07, 6.45) is 5.01. The smallest absolute Gasteiger partial charge is 0.328 e. The Morgan fingerprint density at radius 1 is 1.29 bits per heavy atom. The molecule has 2 N–H and O–H groups in total. The Morgan fingerprint density at radius 2 is 2.00 bits per heavy atom. The Bertz CT molecular complexity index is 637. The third kappa shape index (κ3) is 4.54. The zero-order valence-electron chi connectivity index (χ0n) is 11.4. The Balaban J connectivity index is 2.11. The van der Waals surface area contributed by atoms with Crippen molar-refractivity contribution in [1.82, 2.24) is 9.29 Å². The van der Waals surface area contributed by atoms with E-state index in [4.69, 9.17) is 5.11 Å². The number of anilines is 1. The van der Waals surface area contributed by atoms with Gasteiger partial charge in [-0.3, -0.25) is 4.72 Å². The van der Waals surface area contributed by atoms with Crippen LogP contribution in [0.25, 0.3) is 6.08 Å². The third-order valence-corrected chi connectivity index (χ3v) is 4.57. The van der Waals surface area contributed by atoms with Crippen LogP contribution in [0.4, 0.5) is 5.82 Å². The van der Waals surface area contributed by atoms with Gasteiger partial charge in [-0.15, -0.1) is 0 Å². The van der Waals surface area contributed by atoms with Crippen LogP contribution in [-0.4, -0.2) is 41.9 Å². The molecule has 1 aliphatic rings. The summed E-state index contributed by atoms with van der Waals surface area (Å²) >= 11 is 0. The Morgan fingerprint density at radius 3 is 2.67 bits per heavy atom. The molecule has 0 spiro atoms. The number of hydrogen-bond acceptors (Lipinski definition) is 4. The van der Waals surface area contributed by atoms with E-state index in [1.165, 1.54) is 16.4 Å². The van der Waals surface area contributed by atoms with Crippen LogP contribution in [0.1, 0.15) is 25.0 Å². The van der Waals surface area contributed by atoms with Crippen molar-refractivity contribution in [2.45, 2.75) is 19.3 Å². The van der Waals surface area contributed by atoms with Crippen molar-refractivity contribution in [3.05, 3.63) is 30.0 Å². The van der Waals surface area contributed by atoms with Crippen molar-refractivity contribution in [2.24, 2.45) is 0 Å². The molecule has 2 heterocycles. The van der Waals surface area contributed by atoms with Gasteiger partial charge < -0.3 is 5.11 Å². The summed E-state index contributed by atoms with van der Waals surface area (Å²) in [5, 5.41) is 8.57. The molecular formula is C13H17N3O4S. The summed E-state index contributed by atoms with van der Waals surface area (Å²) in [6.45, 7) is 1.02. The van der Waals surface area contributed by atoms with Gasteiger partial charge in [0.15, 0.2) is 0 Å². The average Bonchev–Trinajstić information content (AvgIpc) is 2.46. The highest BCUT2D eigenvalue weighted by molar-refractivity contribution is 7.90. The number of aliphatic carboxylic acids is 1. The first kappa shape index (κ1) is 15.5. The van der Waals surface area contributed by atoms with E-state index in [0.717, 1.165) is 25.3 Å². The van der Waals surface area contributed by atoms with Crippen LogP contribution in [-0.2, 0) is 15.0 Å². The van der Waals surface area contributed by atoms with Crippen LogP contribution in [0.2, 0.25) is 0 Å². The average molecular weight is 311 g/mol. The maximum absolute atomic E-state index is 12.2. The molecule has 1 aromatic heterocycles. The summed E-state index contributed by atoms with van der Waals surface area (Å²) in [4.78, 5) is 14.5. The van der Waals surface area contributed by atoms with E-state index in [2.05, 4.69) is 9.71 Å². The number of aromatic nitrogens is 1. The number of carbonyl (C=O) groups is 1. The number of hydrogen-bond donors (Lipinski definition) is 2. The van der Waals surface area contributed by atoms with Gasteiger partial charge in [-0.2, -0.15) is 12.7 Å². The summed E-state index contributed by atoms with van der Waals surface area (Å²) in [7, 11) is -3.60. The van der Waals surface area contributed by atoms with Crippen molar-refractivity contribution < 1.29 is 18.3 Å². The van der Waals surface area contributed by atoms with Gasteiger partial charge in [0.1, 0.15) is 5.82 Å². The molecule has 0 atom stereocenters. The zero-order chi connectivity index (χ0) is 15.3. The van der Waals surface area contributed by atoms with Gasteiger partial charge in [-0.25, -0.2) is 9.78 Å². The second-order valence-corrected chi connectivity index (χ2v) is 6.36. The molecule has 0 saturated carbocycles. The molecule has 0 radical (unpaired) electrons. The quantitative estimate of drug-likeness (QED) is 0.799. The Labute approximate surface area is 123 Å². The van der Waals surface area contributed by atoms with E-state index < -0.39 is 16.2 Å². The van der Waals surface area contributed by atoms with E-state index in [0.29, 0.717) is 18.8 Å². The summed E-state index contributed by atoms with van der Waals surface area (Å²) < 4.78 is 28.2. The van der Waals surface area contributed by atoms with Gasteiger partial charge in [0.05, 0.1) is 5.69 Å². The molecule has 1 fully saturated rings. The third-order valence-electron chi connectivity index (χ3n) is 3.06. The number of carboxylic acids is 1. The fourth-order valence-electron chi connectivity index (χ4n) is 2.06. The molecule has 114 valence electrons. The minimum atomic E-state index is -3.60. The lowest BCUT2D eigenvalue weighted by atomic mass is 10.2. The zero-order valence-corrected chi connectivity index (χ0v) is 12.2. The van der Waals surface area contributed by atoms with Crippen LogP contribution in [0.15, 0.2) is 24.3 Å². The highest BCUT2D eigenvalue weighted by Gasteiger charge is 2.23. The maximum atomic E-state index is 12.2. The highest BCUT2D eigenvalue weighted by Crippen LogP contribution is 2.15. The molecule has 21 heavy (non-hydrogen) atoms. The minimum absolute atomic E-state index is 0.174. The number of carboxylic acid groups (broad SMARTS) is 1. The number of piperidine rings is 1. The first-order chi connectivity index (χ1) is 9.97. The lowest BCUT2D eigenvalue weighted by Gasteiger charge is -2.25. The van der Waals surface area contributed by atoms with Gasteiger partial charge in [-0.1, -0.05) is 12.5 Å². The van der Waals surface area contributed by atoms with Crippen molar-refractivity contribution in [2.75, 3.05) is 17.8 Å². The lowest BCUT2D eigenvalue weighted by molar-refractivity contribution is -0.131. The van der Waals surface area contributed by atoms with Crippen LogP contribution in [0.3, 0.4) is 0 Å². The molecule has 1 saturated heterocycles. The fraction of sp³-hybridized carbons (Fsp3) is 0.385. The van der Waals surface area contributed by atoms with Crippen LogP contribution < -0.4 is 4.72 Å². The fourth-order valence-corrected chi connectivity index (χ4v) is 3.31. The first-order valence-electron chi connectivity index (χ1n) is 6.63. The van der Waals surface area contributed by atoms with E-state index in [1.54, 1.807) is 12.1 Å². The minimum Gasteiger partial charge on any atom is -0.478 e. The molecule has 0 unspecified atom stereocenters. The molecule has 0 aromatic carbocycles. The second-order valence-electron chi connectivity index (χ2n) is 4.69. The SMILES string of the molecule is O=C(O)C=Cc1cccc(NS(=O)(=O)N2CCCCC2)n1. The number of nitrogens with one attached hydrogen (secondary N) is 1. The van der Waals surface area contributed by atoms with E-state index in [9.17, 15) is 13.2 Å². The monoisotopic (exact) mass is 311 g/mol. The molecule has 7 nitrogen and oxygen atoms in total. The summed E-state index contributed by atoms with van der Waals surface area (Å²) in [6, 6.07) is 4.74. The molecular weight excluding hydrogens is 294 g/mol. The van der Waals surface area contributed by atoms with Crippen molar-refractivity contribution in [3.8, 4) is 0 Å². The van der Waals surface area contributed by atoms with Crippen molar-refractivity contribution >= 4 is 28.1 Å². The van der Waals surface area contributed by atoms with E-state index >= 15 is 0 Å². The number of pyridine rings is 1. The van der Waals surface area contributed by atoms with Gasteiger partial charge in [0.25, 0.3) is 0 Å². The largest absolute Gasteiger partial charge is 0.478 e. The molecule has 0 bridgehead atoms. The van der Waals surface area contributed by atoms with E-state index in [1.807, 2.05) is 0 Å². The van der Waals surface area contributed by atoms with Crippen LogP contribution in [0.5, 0.6) is 0 Å². The normalized spacial score (nSPS) is 17.0. The van der Waals surface area contributed by atoms with Gasteiger partial charge in [0.2, 0.25) is 0 Å². The summed E-state index contributed by atoms with van der Waals surface area (Å²) in [5.41, 5.74) is 0.372. The van der Waals surface area contributed by atoms with E-state index in [-0.39, 0.29) is 5.82 Å². The highest BCUT2D eigenvalue weighted by atomic mass is 32.2. The van der Waals surface area contributed by atoms with Crippen LogP contribution >= 0.6 is 0 Å². The summed E-state index contributed by atoms with van der Waals surface area (Å²) in [5.74, 6) is -0.913. The van der Waals surface area contributed by atoms with Crippen LogP contribution in [0, 0.1) is 0 Å². The lowest BCUT2D eigenvalue weighted by Crippen LogP contribution is -2.39. The van der Waals surface area contributed by atoms with Crippen molar-refractivity contribution in [3.63, 3.8) is 0 Å². The Kier molecular flexibility index (Phi) is 4.92. The molecule has 1 aromatic rings. The number of nitrogens with zero attached hydrogens (tertiary/aromatic N) is 2. The Hall–Kier alpha value is -1.93. The van der Waals surface area contributed by atoms with Gasteiger partial charge in [-0.05, 0) is 31.1 Å². The predicted molar refractivity (Wildman–Crippen MR) is 78.9 cm³/mol. The first-order valence-corrected chi connectivity index (χ1v) is 8.07. The molecule has 8 heteroatoms. The maximum Gasteiger partial charge on any atom is 0.328 e. The number of rotatable bonds is 5. The van der Waals surface area contributed by atoms with Gasteiger partial charge >= 0.3 is 16.2 Å². The standard InChI is InChI=1S/C13H17N3O4S/c17-13(18)8-7-11-5-4-6-12(14-11)15-21(19,20)16-9-2-1-3-10-16/h4-8H,1-3,9-10H2,(H,14,15)(H,17,18). The van der Waals surface area contributed by atoms with Gasteiger partial charge in [0, 0.05) is 19.2 Å². The van der Waals surface area contributed by atoms with Crippen molar-refractivity contribution in [1.29, 1.82) is 0 Å².